The molecule has 4 heteroatoms. The molecule has 0 spiro atoms. The van der Waals surface area contributed by atoms with Crippen molar-refractivity contribution in [2.24, 2.45) is 0 Å². The van der Waals surface area contributed by atoms with E-state index in [0.29, 0.717) is 6.54 Å². The topological polar surface area (TPSA) is 32.3 Å². The molecular weight excluding hydrogens is 291 g/mol. The van der Waals surface area contributed by atoms with E-state index in [4.69, 9.17) is 0 Å². The van der Waals surface area contributed by atoms with Crippen LogP contribution in [-0.4, -0.2) is 36.0 Å². The molecule has 1 saturated heterocycles. The molecule has 126 valence electrons. The molecule has 1 aromatic rings. The Morgan fingerprint density at radius 1 is 1.17 bits per heavy atom. The minimum atomic E-state index is -0.425. The van der Waals surface area contributed by atoms with Crippen LogP contribution in [0.25, 0.3) is 0 Å². The van der Waals surface area contributed by atoms with E-state index in [1.54, 1.807) is 12.1 Å². The standard InChI is InChI=1S/C19H27FN2O/c1-18(2,22-12-4-3-5-13-22)14-21-17(23)19(10-11-19)15-6-8-16(20)9-7-15/h6-9H,3-5,10-14H2,1-2H3,(H,21,23). The van der Waals surface area contributed by atoms with Crippen molar-refractivity contribution in [1.82, 2.24) is 10.2 Å². The Hall–Kier alpha value is -1.42. The summed E-state index contributed by atoms with van der Waals surface area (Å²) in [5.41, 5.74) is 0.493. The van der Waals surface area contributed by atoms with E-state index in [9.17, 15) is 9.18 Å². The van der Waals surface area contributed by atoms with E-state index in [1.165, 1.54) is 31.4 Å². The molecule has 0 atom stereocenters. The van der Waals surface area contributed by atoms with Gasteiger partial charge in [0.25, 0.3) is 0 Å². The van der Waals surface area contributed by atoms with Crippen molar-refractivity contribution in [3.8, 4) is 0 Å². The summed E-state index contributed by atoms with van der Waals surface area (Å²) >= 11 is 0. The van der Waals surface area contributed by atoms with Gasteiger partial charge in [0.15, 0.2) is 0 Å². The summed E-state index contributed by atoms with van der Waals surface area (Å²) < 4.78 is 13.1. The summed E-state index contributed by atoms with van der Waals surface area (Å²) in [6, 6.07) is 6.39. The van der Waals surface area contributed by atoms with Gasteiger partial charge in [-0.05, 0) is 70.3 Å². The number of nitrogens with zero attached hydrogens (tertiary/aromatic N) is 1. The van der Waals surface area contributed by atoms with Crippen molar-refractivity contribution in [3.63, 3.8) is 0 Å². The molecule has 0 bridgehead atoms. The lowest BCUT2D eigenvalue weighted by molar-refractivity contribution is -0.124. The molecule has 1 N–H and O–H groups in total. The van der Waals surface area contributed by atoms with Crippen LogP contribution in [0, 0.1) is 5.82 Å². The number of piperidine rings is 1. The van der Waals surface area contributed by atoms with Crippen LogP contribution >= 0.6 is 0 Å². The average Bonchev–Trinajstić information content (AvgIpc) is 3.36. The summed E-state index contributed by atoms with van der Waals surface area (Å²) in [6.07, 6.45) is 5.52. The van der Waals surface area contributed by atoms with Gasteiger partial charge in [0.2, 0.25) is 5.91 Å². The molecule has 1 saturated carbocycles. The maximum Gasteiger partial charge on any atom is 0.230 e. The van der Waals surface area contributed by atoms with Gasteiger partial charge >= 0.3 is 0 Å². The van der Waals surface area contributed by atoms with Crippen LogP contribution in [0.2, 0.25) is 0 Å². The molecule has 3 nitrogen and oxygen atoms in total. The number of amides is 1. The number of likely N-dealkylation sites (tertiary alicyclic amines) is 1. The zero-order valence-corrected chi connectivity index (χ0v) is 14.2. The van der Waals surface area contributed by atoms with E-state index in [2.05, 4.69) is 24.1 Å². The fraction of sp³-hybridized carbons (Fsp3) is 0.632. The fourth-order valence-electron chi connectivity index (χ4n) is 3.62. The average molecular weight is 318 g/mol. The summed E-state index contributed by atoms with van der Waals surface area (Å²) in [5, 5.41) is 3.16. The second-order valence-electron chi connectivity index (χ2n) is 7.63. The Morgan fingerprint density at radius 2 is 1.78 bits per heavy atom. The number of halogens is 1. The second kappa shape index (κ2) is 6.23. The third-order valence-corrected chi connectivity index (χ3v) is 5.48. The van der Waals surface area contributed by atoms with Gasteiger partial charge in [-0.3, -0.25) is 9.69 Å². The maximum atomic E-state index is 13.1. The third kappa shape index (κ3) is 3.42. The predicted octanol–water partition coefficient (Wildman–Crippen LogP) is 3.24. The van der Waals surface area contributed by atoms with E-state index < -0.39 is 5.41 Å². The van der Waals surface area contributed by atoms with Gasteiger partial charge in [0.1, 0.15) is 5.82 Å². The van der Waals surface area contributed by atoms with Gasteiger partial charge in [-0.1, -0.05) is 18.6 Å². The normalized spacial score (nSPS) is 21.0. The summed E-state index contributed by atoms with van der Waals surface area (Å²) in [4.78, 5) is 15.2. The number of rotatable bonds is 5. The number of hydrogen-bond donors (Lipinski definition) is 1. The van der Waals surface area contributed by atoms with Crippen LogP contribution < -0.4 is 5.32 Å². The Morgan fingerprint density at radius 3 is 2.35 bits per heavy atom. The van der Waals surface area contributed by atoms with Crippen molar-refractivity contribution in [1.29, 1.82) is 0 Å². The Bertz CT molecular complexity index is 557. The van der Waals surface area contributed by atoms with Gasteiger partial charge in [0, 0.05) is 12.1 Å². The predicted molar refractivity (Wildman–Crippen MR) is 89.8 cm³/mol. The highest BCUT2D eigenvalue weighted by Crippen LogP contribution is 2.48. The van der Waals surface area contributed by atoms with E-state index in [-0.39, 0.29) is 17.3 Å². The quantitative estimate of drug-likeness (QED) is 0.904. The molecule has 1 aliphatic heterocycles. The van der Waals surface area contributed by atoms with E-state index in [1.807, 2.05) is 0 Å². The lowest BCUT2D eigenvalue weighted by atomic mass is 9.93. The molecule has 2 aliphatic rings. The smallest absolute Gasteiger partial charge is 0.230 e. The number of benzene rings is 1. The molecule has 1 aliphatic carbocycles. The van der Waals surface area contributed by atoms with E-state index >= 15 is 0 Å². The fourth-order valence-corrected chi connectivity index (χ4v) is 3.62. The molecule has 0 radical (unpaired) electrons. The van der Waals surface area contributed by atoms with Gasteiger partial charge in [0.05, 0.1) is 5.41 Å². The highest BCUT2D eigenvalue weighted by Gasteiger charge is 2.51. The van der Waals surface area contributed by atoms with Crippen molar-refractivity contribution in [2.75, 3.05) is 19.6 Å². The first-order valence-corrected chi connectivity index (χ1v) is 8.73. The summed E-state index contributed by atoms with van der Waals surface area (Å²) in [6.45, 7) is 7.30. The number of carbonyl (C=O) groups excluding carboxylic acids is 1. The van der Waals surface area contributed by atoms with Gasteiger partial charge in [-0.25, -0.2) is 4.39 Å². The molecule has 1 aromatic carbocycles. The number of hydrogen-bond acceptors (Lipinski definition) is 2. The van der Waals surface area contributed by atoms with Gasteiger partial charge in [-0.15, -0.1) is 0 Å². The highest BCUT2D eigenvalue weighted by atomic mass is 19.1. The van der Waals surface area contributed by atoms with Crippen LogP contribution in [-0.2, 0) is 10.2 Å². The molecule has 3 rings (SSSR count). The molecule has 2 fully saturated rings. The van der Waals surface area contributed by atoms with E-state index in [0.717, 1.165) is 31.5 Å². The number of carbonyl (C=O) groups is 1. The minimum Gasteiger partial charge on any atom is -0.353 e. The molecule has 0 aromatic heterocycles. The largest absolute Gasteiger partial charge is 0.353 e. The van der Waals surface area contributed by atoms with Crippen molar-refractivity contribution in [3.05, 3.63) is 35.6 Å². The van der Waals surface area contributed by atoms with Crippen LogP contribution in [0.3, 0.4) is 0 Å². The minimum absolute atomic E-state index is 0.0189. The van der Waals surface area contributed by atoms with Crippen molar-refractivity contribution >= 4 is 5.91 Å². The Balaban J connectivity index is 1.61. The lowest BCUT2D eigenvalue weighted by Crippen LogP contribution is -2.54. The molecule has 1 heterocycles. The first-order valence-electron chi connectivity index (χ1n) is 8.73. The summed E-state index contributed by atoms with van der Waals surface area (Å²) in [5.74, 6) is -0.162. The zero-order chi connectivity index (χ0) is 16.5. The summed E-state index contributed by atoms with van der Waals surface area (Å²) in [7, 11) is 0. The van der Waals surface area contributed by atoms with Crippen molar-refractivity contribution < 1.29 is 9.18 Å². The van der Waals surface area contributed by atoms with Crippen LogP contribution in [0.1, 0.15) is 51.5 Å². The Kier molecular flexibility index (Phi) is 4.45. The molecule has 1 amide bonds. The zero-order valence-electron chi connectivity index (χ0n) is 14.2. The lowest BCUT2D eigenvalue weighted by Gasteiger charge is -2.41. The highest BCUT2D eigenvalue weighted by molar-refractivity contribution is 5.91. The molecule has 23 heavy (non-hydrogen) atoms. The number of nitrogens with one attached hydrogen (secondary N) is 1. The molecule has 0 unspecified atom stereocenters. The first-order chi connectivity index (χ1) is 10.9. The van der Waals surface area contributed by atoms with Crippen LogP contribution in [0.5, 0.6) is 0 Å². The molecular formula is C19H27FN2O. The first kappa shape index (κ1) is 16.4. The van der Waals surface area contributed by atoms with Crippen molar-refractivity contribution in [2.45, 2.75) is 56.9 Å². The second-order valence-corrected chi connectivity index (χ2v) is 7.63. The van der Waals surface area contributed by atoms with Crippen LogP contribution in [0.4, 0.5) is 4.39 Å². The van der Waals surface area contributed by atoms with Crippen LogP contribution in [0.15, 0.2) is 24.3 Å². The maximum absolute atomic E-state index is 13.1. The van der Waals surface area contributed by atoms with Gasteiger partial charge < -0.3 is 5.32 Å². The SMILES string of the molecule is CC(C)(CNC(=O)C1(c2ccc(F)cc2)CC1)N1CCCCC1. The Labute approximate surface area is 138 Å². The van der Waals surface area contributed by atoms with Gasteiger partial charge in [-0.2, -0.15) is 0 Å². The monoisotopic (exact) mass is 318 g/mol. The third-order valence-electron chi connectivity index (χ3n) is 5.48.